The van der Waals surface area contributed by atoms with Crippen molar-refractivity contribution in [1.82, 2.24) is 9.88 Å². The summed E-state index contributed by atoms with van der Waals surface area (Å²) in [6.07, 6.45) is 0. The van der Waals surface area contributed by atoms with Gasteiger partial charge in [-0.05, 0) is 37.0 Å². The SMILES string of the molecule is Cc1cc(C)c2c(c1)c1c(n2C)CNCC1C. The molecule has 2 aromatic rings. The molecule has 90 valence electrons. The van der Waals surface area contributed by atoms with Crippen LogP contribution in [0.4, 0.5) is 0 Å². The molecule has 2 heterocycles. The molecular formula is C15H20N2. The van der Waals surface area contributed by atoms with E-state index in [0.717, 1.165) is 13.1 Å². The van der Waals surface area contributed by atoms with E-state index in [1.54, 1.807) is 5.56 Å². The third-order valence-electron chi connectivity index (χ3n) is 4.02. The lowest BCUT2D eigenvalue weighted by atomic mass is 9.93. The maximum Gasteiger partial charge on any atom is 0.0513 e. The number of hydrogen-bond acceptors (Lipinski definition) is 1. The van der Waals surface area contributed by atoms with Gasteiger partial charge >= 0.3 is 0 Å². The smallest absolute Gasteiger partial charge is 0.0513 e. The van der Waals surface area contributed by atoms with Crippen molar-refractivity contribution in [2.45, 2.75) is 33.2 Å². The van der Waals surface area contributed by atoms with Crippen LogP contribution in [-0.4, -0.2) is 11.1 Å². The van der Waals surface area contributed by atoms with Gasteiger partial charge in [0.15, 0.2) is 0 Å². The Bertz CT molecular complexity index is 593. The molecule has 1 N–H and O–H groups in total. The van der Waals surface area contributed by atoms with Crippen molar-refractivity contribution < 1.29 is 0 Å². The molecule has 17 heavy (non-hydrogen) atoms. The number of fused-ring (bicyclic) bond motifs is 3. The lowest BCUT2D eigenvalue weighted by Crippen LogP contribution is -2.27. The quantitative estimate of drug-likeness (QED) is 0.733. The standard InChI is InChI=1S/C15H20N2/c1-9-5-10(2)15-12(6-9)14-11(3)7-16-8-13(14)17(15)4/h5-6,11,16H,7-8H2,1-4H3. The van der Waals surface area contributed by atoms with E-state index >= 15 is 0 Å². The Morgan fingerprint density at radius 3 is 2.82 bits per heavy atom. The number of hydrogen-bond donors (Lipinski definition) is 1. The monoisotopic (exact) mass is 228 g/mol. The molecule has 0 amide bonds. The first-order chi connectivity index (χ1) is 8.09. The van der Waals surface area contributed by atoms with Crippen LogP contribution >= 0.6 is 0 Å². The summed E-state index contributed by atoms with van der Waals surface area (Å²) in [7, 11) is 2.20. The van der Waals surface area contributed by atoms with Gasteiger partial charge in [0, 0.05) is 31.2 Å². The normalized spacial score (nSPS) is 19.6. The topological polar surface area (TPSA) is 17.0 Å². The molecule has 0 aliphatic carbocycles. The molecule has 1 unspecified atom stereocenters. The first-order valence-electron chi connectivity index (χ1n) is 6.38. The molecule has 0 saturated carbocycles. The van der Waals surface area contributed by atoms with Crippen LogP contribution in [0.15, 0.2) is 12.1 Å². The highest BCUT2D eigenvalue weighted by Gasteiger charge is 2.23. The summed E-state index contributed by atoms with van der Waals surface area (Å²) in [4.78, 5) is 0. The van der Waals surface area contributed by atoms with Crippen molar-refractivity contribution >= 4 is 10.9 Å². The zero-order valence-corrected chi connectivity index (χ0v) is 11.1. The van der Waals surface area contributed by atoms with Crippen molar-refractivity contribution in [2.75, 3.05) is 6.54 Å². The van der Waals surface area contributed by atoms with E-state index in [4.69, 9.17) is 0 Å². The summed E-state index contributed by atoms with van der Waals surface area (Å²) in [6, 6.07) is 4.63. The molecule has 1 aromatic carbocycles. The summed E-state index contributed by atoms with van der Waals surface area (Å²) < 4.78 is 2.38. The molecule has 3 rings (SSSR count). The Balaban J connectivity index is 2.45. The van der Waals surface area contributed by atoms with E-state index in [-0.39, 0.29) is 0 Å². The maximum atomic E-state index is 3.51. The average Bonchev–Trinajstić information content (AvgIpc) is 2.54. The highest BCUT2D eigenvalue weighted by Crippen LogP contribution is 2.35. The van der Waals surface area contributed by atoms with Gasteiger partial charge in [0.1, 0.15) is 0 Å². The predicted molar refractivity (Wildman–Crippen MR) is 72.5 cm³/mol. The molecule has 0 spiro atoms. The Morgan fingerprint density at radius 2 is 2.06 bits per heavy atom. The average molecular weight is 228 g/mol. The second kappa shape index (κ2) is 3.61. The fourth-order valence-corrected chi connectivity index (χ4v) is 3.35. The molecule has 0 saturated heterocycles. The zero-order valence-electron chi connectivity index (χ0n) is 11.1. The van der Waals surface area contributed by atoms with Gasteiger partial charge < -0.3 is 9.88 Å². The van der Waals surface area contributed by atoms with Gasteiger partial charge in [-0.1, -0.05) is 18.6 Å². The number of nitrogens with one attached hydrogen (secondary N) is 1. The van der Waals surface area contributed by atoms with Crippen LogP contribution in [0.1, 0.15) is 35.2 Å². The highest BCUT2D eigenvalue weighted by molar-refractivity contribution is 5.89. The third kappa shape index (κ3) is 1.44. The Hall–Kier alpha value is -1.28. The molecular weight excluding hydrogens is 208 g/mol. The van der Waals surface area contributed by atoms with E-state index in [9.17, 15) is 0 Å². The van der Waals surface area contributed by atoms with Gasteiger partial charge in [0.05, 0.1) is 5.52 Å². The van der Waals surface area contributed by atoms with Crippen LogP contribution < -0.4 is 5.32 Å². The zero-order chi connectivity index (χ0) is 12.2. The Kier molecular flexibility index (Phi) is 2.30. The molecule has 1 aromatic heterocycles. The fraction of sp³-hybridized carbons (Fsp3) is 0.467. The van der Waals surface area contributed by atoms with Crippen molar-refractivity contribution in [3.8, 4) is 0 Å². The molecule has 1 aliphatic heterocycles. The van der Waals surface area contributed by atoms with Gasteiger partial charge in [-0.25, -0.2) is 0 Å². The van der Waals surface area contributed by atoms with Gasteiger partial charge in [-0.2, -0.15) is 0 Å². The molecule has 1 aliphatic rings. The van der Waals surface area contributed by atoms with Crippen molar-refractivity contribution in [3.05, 3.63) is 34.5 Å². The third-order valence-corrected chi connectivity index (χ3v) is 4.02. The van der Waals surface area contributed by atoms with E-state index in [1.807, 2.05) is 0 Å². The number of benzene rings is 1. The first kappa shape index (κ1) is 10.8. The molecule has 0 fully saturated rings. The first-order valence-corrected chi connectivity index (χ1v) is 6.38. The van der Waals surface area contributed by atoms with Crippen LogP contribution in [0.3, 0.4) is 0 Å². The van der Waals surface area contributed by atoms with Gasteiger partial charge in [-0.3, -0.25) is 0 Å². The number of aryl methyl sites for hydroxylation is 3. The highest BCUT2D eigenvalue weighted by atomic mass is 15.0. The Morgan fingerprint density at radius 1 is 1.29 bits per heavy atom. The van der Waals surface area contributed by atoms with Crippen molar-refractivity contribution in [3.63, 3.8) is 0 Å². The van der Waals surface area contributed by atoms with Crippen LogP contribution in [0.2, 0.25) is 0 Å². The second-order valence-corrected chi connectivity index (χ2v) is 5.43. The maximum absolute atomic E-state index is 3.51. The molecule has 2 nitrogen and oxygen atoms in total. The molecule has 2 heteroatoms. The Labute approximate surface area is 103 Å². The van der Waals surface area contributed by atoms with Crippen LogP contribution in [-0.2, 0) is 13.6 Å². The summed E-state index contributed by atoms with van der Waals surface area (Å²) >= 11 is 0. The van der Waals surface area contributed by atoms with Crippen LogP contribution in [0.5, 0.6) is 0 Å². The van der Waals surface area contributed by atoms with Crippen molar-refractivity contribution in [1.29, 1.82) is 0 Å². The second-order valence-electron chi connectivity index (χ2n) is 5.43. The van der Waals surface area contributed by atoms with E-state index in [0.29, 0.717) is 5.92 Å². The number of nitrogens with zero attached hydrogens (tertiary/aromatic N) is 1. The molecule has 0 bridgehead atoms. The van der Waals surface area contributed by atoms with E-state index in [1.165, 1.54) is 27.7 Å². The summed E-state index contributed by atoms with van der Waals surface area (Å²) in [5.41, 5.74) is 7.20. The molecule has 1 atom stereocenters. The number of aromatic nitrogens is 1. The summed E-state index contributed by atoms with van der Waals surface area (Å²) in [6.45, 7) is 8.83. The minimum absolute atomic E-state index is 0.614. The fourth-order valence-electron chi connectivity index (χ4n) is 3.35. The summed E-state index contributed by atoms with van der Waals surface area (Å²) in [5, 5.41) is 4.97. The lowest BCUT2D eigenvalue weighted by molar-refractivity contribution is 0.553. The van der Waals surface area contributed by atoms with E-state index in [2.05, 4.69) is 49.8 Å². The minimum atomic E-state index is 0.614. The van der Waals surface area contributed by atoms with Crippen LogP contribution in [0.25, 0.3) is 10.9 Å². The molecule has 0 radical (unpaired) electrons. The van der Waals surface area contributed by atoms with Gasteiger partial charge in [0.25, 0.3) is 0 Å². The van der Waals surface area contributed by atoms with Gasteiger partial charge in [-0.15, -0.1) is 0 Å². The minimum Gasteiger partial charge on any atom is -0.346 e. The lowest BCUT2D eigenvalue weighted by Gasteiger charge is -2.21. The van der Waals surface area contributed by atoms with Crippen molar-refractivity contribution in [2.24, 2.45) is 7.05 Å². The predicted octanol–water partition coefficient (Wildman–Crippen LogP) is 3.00. The van der Waals surface area contributed by atoms with E-state index < -0.39 is 0 Å². The van der Waals surface area contributed by atoms with Gasteiger partial charge in [0.2, 0.25) is 0 Å². The summed E-state index contributed by atoms with van der Waals surface area (Å²) in [5.74, 6) is 0.614. The van der Waals surface area contributed by atoms with Crippen LogP contribution in [0, 0.1) is 13.8 Å². The largest absolute Gasteiger partial charge is 0.346 e. The number of rotatable bonds is 0.